The number of rotatable bonds is 10. The number of quaternary nitrogens is 1. The second kappa shape index (κ2) is 10.9. The van der Waals surface area contributed by atoms with E-state index in [1.807, 2.05) is 31.2 Å². The molecule has 1 heterocycles. The van der Waals surface area contributed by atoms with Crippen LogP contribution in [0.15, 0.2) is 59.6 Å². The Morgan fingerprint density at radius 3 is 2.53 bits per heavy atom. The molecule has 2 aromatic rings. The van der Waals surface area contributed by atoms with Crippen molar-refractivity contribution in [2.45, 2.75) is 51.0 Å². The van der Waals surface area contributed by atoms with Gasteiger partial charge in [0.15, 0.2) is 5.69 Å². The number of unbranched alkanes of at least 4 members (excludes halogenated alkanes) is 1. The van der Waals surface area contributed by atoms with Crippen molar-refractivity contribution in [2.75, 3.05) is 13.2 Å². The van der Waals surface area contributed by atoms with Crippen LogP contribution in [0.1, 0.15) is 45.6 Å². The summed E-state index contributed by atoms with van der Waals surface area (Å²) in [7, 11) is -3.76. The van der Waals surface area contributed by atoms with Crippen LogP contribution in [0.4, 0.5) is 10.5 Å². The number of benzene rings is 2. The summed E-state index contributed by atoms with van der Waals surface area (Å²) >= 11 is 0. The fraction of sp³-hybridized carbons (Fsp3) is 0.346. The van der Waals surface area contributed by atoms with Crippen LogP contribution >= 0.6 is 0 Å². The van der Waals surface area contributed by atoms with E-state index in [-0.39, 0.29) is 16.0 Å². The first-order valence-electron chi connectivity index (χ1n) is 11.3. The number of sulfonamides is 1. The summed E-state index contributed by atoms with van der Waals surface area (Å²) in [6, 6.07) is 13.2. The van der Waals surface area contributed by atoms with E-state index in [9.17, 15) is 18.3 Å². The summed E-state index contributed by atoms with van der Waals surface area (Å²) in [5.74, 6) is 6.06. The zero-order valence-electron chi connectivity index (χ0n) is 19.7. The molecule has 8 heteroatoms. The van der Waals surface area contributed by atoms with Crippen LogP contribution in [-0.2, 0) is 10.0 Å². The van der Waals surface area contributed by atoms with Gasteiger partial charge in [-0.2, -0.15) is 9.28 Å². The summed E-state index contributed by atoms with van der Waals surface area (Å²) in [6.07, 6.45) is 2.84. The van der Waals surface area contributed by atoms with Crippen molar-refractivity contribution >= 4 is 27.4 Å². The molecular weight excluding hydrogens is 452 g/mol. The number of nitrogens with one attached hydrogen (secondary N) is 1. The van der Waals surface area contributed by atoms with Crippen molar-refractivity contribution in [1.29, 1.82) is 0 Å². The predicted octanol–water partition coefficient (Wildman–Crippen LogP) is 4.99. The maximum Gasteiger partial charge on any atom is 0.523 e. The predicted molar refractivity (Wildman–Crippen MR) is 134 cm³/mol. The van der Waals surface area contributed by atoms with E-state index in [1.165, 1.54) is 12.1 Å². The highest BCUT2D eigenvalue weighted by Crippen LogP contribution is 2.42. The molecule has 2 N–H and O–H groups in total. The SMILES string of the molecule is CC#CCOc1ccc(S(=O)(=O)N[C@H](C)CC2=C[N+](CCCC)(C(=O)O)c3ccccc32)cc1. The highest BCUT2D eigenvalue weighted by Gasteiger charge is 2.45. The molecular formula is C26H31N2O5S+. The molecule has 34 heavy (non-hydrogen) atoms. The third kappa shape index (κ3) is 5.50. The lowest BCUT2D eigenvalue weighted by molar-refractivity contribution is 0.163. The molecule has 0 aromatic heterocycles. The molecule has 1 amide bonds. The molecule has 1 unspecified atom stereocenters. The van der Waals surface area contributed by atoms with Gasteiger partial charge in [-0.1, -0.05) is 31.4 Å². The van der Waals surface area contributed by atoms with E-state index in [4.69, 9.17) is 4.74 Å². The molecule has 2 atom stereocenters. The van der Waals surface area contributed by atoms with Crippen molar-refractivity contribution < 1.29 is 23.1 Å². The molecule has 180 valence electrons. The van der Waals surface area contributed by atoms with Gasteiger partial charge >= 0.3 is 6.09 Å². The van der Waals surface area contributed by atoms with Crippen molar-refractivity contribution in [3.8, 4) is 17.6 Å². The van der Waals surface area contributed by atoms with Crippen LogP contribution in [0, 0.1) is 11.8 Å². The monoisotopic (exact) mass is 483 g/mol. The van der Waals surface area contributed by atoms with Crippen LogP contribution in [0.25, 0.3) is 5.57 Å². The van der Waals surface area contributed by atoms with Gasteiger partial charge in [0.2, 0.25) is 10.0 Å². The van der Waals surface area contributed by atoms with Crippen molar-refractivity contribution in [3.05, 3.63) is 60.3 Å². The van der Waals surface area contributed by atoms with Crippen LogP contribution in [0.5, 0.6) is 5.75 Å². The van der Waals surface area contributed by atoms with Gasteiger partial charge in [0.05, 0.1) is 11.4 Å². The van der Waals surface area contributed by atoms with Crippen LogP contribution < -0.4 is 13.9 Å². The third-order valence-electron chi connectivity index (χ3n) is 5.77. The van der Waals surface area contributed by atoms with E-state index in [2.05, 4.69) is 16.6 Å². The minimum Gasteiger partial charge on any atom is -0.481 e. The Morgan fingerprint density at radius 1 is 1.18 bits per heavy atom. The first kappa shape index (κ1) is 25.5. The number of amides is 1. The van der Waals surface area contributed by atoms with Crippen LogP contribution in [0.2, 0.25) is 0 Å². The van der Waals surface area contributed by atoms with Crippen molar-refractivity contribution in [3.63, 3.8) is 0 Å². The average Bonchev–Trinajstić information content (AvgIpc) is 3.12. The second-order valence-electron chi connectivity index (χ2n) is 8.31. The molecule has 1 aliphatic rings. The number of hydrogen-bond acceptors (Lipinski definition) is 4. The summed E-state index contributed by atoms with van der Waals surface area (Å²) in [6.45, 7) is 6.22. The smallest absolute Gasteiger partial charge is 0.481 e. The molecule has 7 nitrogen and oxygen atoms in total. The summed E-state index contributed by atoms with van der Waals surface area (Å²) in [4.78, 5) is 12.5. The number of nitrogens with zero attached hydrogens (tertiary/aromatic N) is 1. The van der Waals surface area contributed by atoms with Gasteiger partial charge in [0, 0.05) is 23.2 Å². The fourth-order valence-electron chi connectivity index (χ4n) is 4.12. The Morgan fingerprint density at radius 2 is 1.88 bits per heavy atom. The fourth-order valence-corrected chi connectivity index (χ4v) is 5.36. The van der Waals surface area contributed by atoms with Gasteiger partial charge in [-0.05, 0) is 57.0 Å². The van der Waals surface area contributed by atoms with Crippen LogP contribution in [0.3, 0.4) is 0 Å². The Balaban J connectivity index is 1.78. The molecule has 0 radical (unpaired) electrons. The summed E-state index contributed by atoms with van der Waals surface area (Å²) in [5, 5.41) is 10.1. The molecule has 0 saturated carbocycles. The van der Waals surface area contributed by atoms with Gasteiger partial charge in [0.1, 0.15) is 18.6 Å². The number of para-hydroxylation sites is 1. The second-order valence-corrected chi connectivity index (χ2v) is 10.0. The average molecular weight is 484 g/mol. The van der Waals surface area contributed by atoms with Gasteiger partial charge < -0.3 is 9.84 Å². The minimum atomic E-state index is -3.76. The summed E-state index contributed by atoms with van der Waals surface area (Å²) in [5.41, 5.74) is 2.39. The Bertz CT molecular complexity index is 1230. The zero-order valence-corrected chi connectivity index (χ0v) is 20.6. The standard InChI is InChI=1S/C26H30N2O5S/c1-4-6-16-28(26(29)30)19-21(24-10-8-9-11-25(24)28)18-20(3)27-34(31,32)23-14-12-22(13-15-23)33-17-7-5-2/h8-15,19-20,27H,4,6,16-18H2,1-3H3/p+1/t20-,28?/m1/s1. The molecule has 1 aliphatic heterocycles. The van der Waals surface area contributed by atoms with Crippen molar-refractivity contribution in [2.24, 2.45) is 0 Å². The number of carbonyl (C=O) groups is 1. The zero-order chi connectivity index (χ0) is 24.8. The Kier molecular flexibility index (Phi) is 8.15. The first-order valence-corrected chi connectivity index (χ1v) is 12.8. The molecule has 2 aromatic carbocycles. The highest BCUT2D eigenvalue weighted by molar-refractivity contribution is 7.89. The normalized spacial score (nSPS) is 17.8. The number of carboxylic acid groups (broad SMARTS) is 1. The molecule has 0 saturated heterocycles. The Hall–Kier alpha value is -3.12. The molecule has 0 fully saturated rings. The number of fused-ring (bicyclic) bond motifs is 1. The molecule has 0 aliphatic carbocycles. The van der Waals surface area contributed by atoms with Gasteiger partial charge in [-0.3, -0.25) is 0 Å². The lowest BCUT2D eigenvalue weighted by Crippen LogP contribution is -2.48. The van der Waals surface area contributed by atoms with Crippen molar-refractivity contribution in [1.82, 2.24) is 9.21 Å². The lowest BCUT2D eigenvalue weighted by atomic mass is 10.0. The maximum atomic E-state index is 12.9. The molecule has 3 rings (SSSR count). The number of ether oxygens (including phenoxy) is 1. The van der Waals surface area contributed by atoms with E-state index in [1.54, 1.807) is 32.2 Å². The first-order chi connectivity index (χ1) is 16.2. The number of hydrogen-bond donors (Lipinski definition) is 2. The third-order valence-corrected chi connectivity index (χ3v) is 7.37. The van der Waals surface area contributed by atoms with Gasteiger partial charge in [0.25, 0.3) is 0 Å². The van der Waals surface area contributed by atoms with E-state index >= 15 is 0 Å². The van der Waals surface area contributed by atoms with E-state index in [0.717, 1.165) is 29.7 Å². The van der Waals surface area contributed by atoms with Gasteiger partial charge in [-0.15, -0.1) is 5.92 Å². The topological polar surface area (TPSA) is 92.7 Å². The van der Waals surface area contributed by atoms with E-state index < -0.39 is 22.2 Å². The molecule has 0 bridgehead atoms. The summed E-state index contributed by atoms with van der Waals surface area (Å²) < 4.78 is 33.7. The maximum absolute atomic E-state index is 12.9. The quantitative estimate of drug-likeness (QED) is 0.367. The van der Waals surface area contributed by atoms with E-state index in [0.29, 0.717) is 18.7 Å². The highest BCUT2D eigenvalue weighted by atomic mass is 32.2. The lowest BCUT2D eigenvalue weighted by Gasteiger charge is -2.25. The molecule has 0 spiro atoms. The van der Waals surface area contributed by atoms with Crippen LogP contribution in [-0.4, -0.2) is 38.8 Å². The minimum absolute atomic E-state index is 0.132. The van der Waals surface area contributed by atoms with Gasteiger partial charge in [-0.25, -0.2) is 13.1 Å². The Labute approximate surface area is 201 Å². The largest absolute Gasteiger partial charge is 0.523 e.